The molecule has 0 fully saturated rings. The summed E-state index contributed by atoms with van der Waals surface area (Å²) in [5.41, 5.74) is 1.74. The lowest BCUT2D eigenvalue weighted by Crippen LogP contribution is -2.28. The highest BCUT2D eigenvalue weighted by molar-refractivity contribution is 5.19. The number of hydrogen-bond donors (Lipinski definition) is 1. The van der Waals surface area contributed by atoms with Crippen LogP contribution in [0.25, 0.3) is 0 Å². The lowest BCUT2D eigenvalue weighted by atomic mass is 10.1. The summed E-state index contributed by atoms with van der Waals surface area (Å²) in [5.74, 6) is 0.513. The molecule has 0 bridgehead atoms. The molecule has 24 heavy (non-hydrogen) atoms. The topological polar surface area (TPSA) is 49.5 Å². The van der Waals surface area contributed by atoms with Crippen molar-refractivity contribution in [2.75, 3.05) is 6.54 Å². The minimum absolute atomic E-state index is 0.311. The van der Waals surface area contributed by atoms with Crippen molar-refractivity contribution in [1.29, 1.82) is 0 Å². The highest BCUT2D eigenvalue weighted by Crippen LogP contribution is 2.18. The van der Waals surface area contributed by atoms with Crippen LogP contribution < -0.4 is 0 Å². The molecule has 0 aliphatic rings. The lowest BCUT2D eigenvalue weighted by Gasteiger charge is -2.24. The van der Waals surface area contributed by atoms with E-state index >= 15 is 0 Å². The van der Waals surface area contributed by atoms with Crippen molar-refractivity contribution >= 4 is 0 Å². The maximum Gasteiger partial charge on any atom is 0.123 e. The molecule has 1 N–H and O–H groups in total. The highest BCUT2D eigenvalue weighted by Gasteiger charge is 2.16. The van der Waals surface area contributed by atoms with Gasteiger partial charge in [0, 0.05) is 25.5 Å². The molecule has 124 valence electrons. The zero-order chi connectivity index (χ0) is 16.8. The smallest absolute Gasteiger partial charge is 0.123 e. The fraction of sp³-hybridized carbons (Fsp3) is 0.211. The van der Waals surface area contributed by atoms with Gasteiger partial charge in [-0.2, -0.15) is 0 Å². The molecule has 0 saturated heterocycles. The van der Waals surface area contributed by atoms with Gasteiger partial charge in [-0.3, -0.25) is 9.88 Å². The van der Waals surface area contributed by atoms with Gasteiger partial charge >= 0.3 is 0 Å². The summed E-state index contributed by atoms with van der Waals surface area (Å²) in [7, 11) is 0. The first-order valence-corrected chi connectivity index (χ1v) is 7.78. The molecule has 1 atom stereocenters. The number of aromatic nitrogens is 1. The van der Waals surface area contributed by atoms with Crippen LogP contribution in [0.2, 0.25) is 0 Å². The highest BCUT2D eigenvalue weighted by atomic mass is 19.1. The van der Waals surface area contributed by atoms with Crippen molar-refractivity contribution in [2.45, 2.75) is 19.2 Å². The van der Waals surface area contributed by atoms with E-state index in [-0.39, 0.29) is 5.82 Å². The zero-order valence-electron chi connectivity index (χ0n) is 13.2. The molecule has 1 unspecified atom stereocenters. The number of hydrogen-bond acceptors (Lipinski definition) is 4. The maximum absolute atomic E-state index is 13.0. The first kappa shape index (κ1) is 16.4. The Kier molecular flexibility index (Phi) is 5.36. The van der Waals surface area contributed by atoms with Crippen molar-refractivity contribution in [2.24, 2.45) is 0 Å². The summed E-state index contributed by atoms with van der Waals surface area (Å²) in [4.78, 5) is 6.20. The number of aliphatic hydroxyl groups excluding tert-OH is 1. The molecule has 2 aromatic heterocycles. The number of aliphatic hydroxyl groups is 1. The summed E-state index contributed by atoms with van der Waals surface area (Å²) in [6, 6.07) is 13.6. The van der Waals surface area contributed by atoms with Crippen molar-refractivity contribution < 1.29 is 13.9 Å². The second-order valence-corrected chi connectivity index (χ2v) is 5.68. The number of pyridine rings is 1. The fourth-order valence-corrected chi connectivity index (χ4v) is 2.59. The van der Waals surface area contributed by atoms with E-state index < -0.39 is 6.10 Å². The second kappa shape index (κ2) is 7.86. The molecule has 1 aromatic carbocycles. The van der Waals surface area contributed by atoms with Crippen LogP contribution in [0, 0.1) is 5.82 Å². The quantitative estimate of drug-likeness (QED) is 0.721. The standard InChI is InChI=1S/C19H19FN2O2/c20-17-7-5-16(6-8-17)19(23)14-22(13-18-4-2-10-24-18)12-15-3-1-9-21-11-15/h1-11,19,23H,12-14H2. The third-order valence-electron chi connectivity index (χ3n) is 3.77. The molecule has 3 rings (SSSR count). The molecule has 0 aliphatic heterocycles. The van der Waals surface area contributed by atoms with E-state index in [4.69, 9.17) is 4.42 Å². The van der Waals surface area contributed by atoms with Crippen LogP contribution in [-0.2, 0) is 13.1 Å². The SMILES string of the molecule is OC(CN(Cc1cccnc1)Cc1ccco1)c1ccc(F)cc1. The Morgan fingerprint density at radius 2 is 1.92 bits per heavy atom. The van der Waals surface area contributed by atoms with Gasteiger partial charge in [0.2, 0.25) is 0 Å². The van der Waals surface area contributed by atoms with Crippen LogP contribution in [0.15, 0.2) is 71.6 Å². The van der Waals surface area contributed by atoms with Gasteiger partial charge in [0.1, 0.15) is 11.6 Å². The molecular weight excluding hydrogens is 307 g/mol. The molecule has 5 heteroatoms. The molecular formula is C19H19FN2O2. The number of halogens is 1. The Balaban J connectivity index is 1.72. The number of benzene rings is 1. The van der Waals surface area contributed by atoms with E-state index in [0.717, 1.165) is 11.3 Å². The monoisotopic (exact) mass is 326 g/mol. The van der Waals surface area contributed by atoms with Gasteiger partial charge in [-0.1, -0.05) is 18.2 Å². The molecule has 4 nitrogen and oxygen atoms in total. The van der Waals surface area contributed by atoms with E-state index in [2.05, 4.69) is 9.88 Å². The number of furan rings is 1. The normalized spacial score (nSPS) is 12.5. The van der Waals surface area contributed by atoms with Crippen LogP contribution in [0.4, 0.5) is 4.39 Å². The molecule has 0 aliphatic carbocycles. The van der Waals surface area contributed by atoms with Gasteiger partial charge in [0.15, 0.2) is 0 Å². The zero-order valence-corrected chi connectivity index (χ0v) is 13.2. The van der Waals surface area contributed by atoms with Crippen LogP contribution in [0.5, 0.6) is 0 Å². The van der Waals surface area contributed by atoms with Gasteiger partial charge in [-0.25, -0.2) is 4.39 Å². The summed E-state index contributed by atoms with van der Waals surface area (Å²) >= 11 is 0. The number of rotatable bonds is 7. The summed E-state index contributed by atoms with van der Waals surface area (Å²) in [5, 5.41) is 10.5. The molecule has 0 radical (unpaired) electrons. The Labute approximate surface area is 140 Å². The summed E-state index contributed by atoms with van der Waals surface area (Å²) in [6.07, 6.45) is 4.46. The van der Waals surface area contributed by atoms with E-state index in [9.17, 15) is 9.50 Å². The van der Waals surface area contributed by atoms with Crippen molar-refractivity contribution in [3.63, 3.8) is 0 Å². The molecule has 2 heterocycles. The Morgan fingerprint density at radius 3 is 2.58 bits per heavy atom. The van der Waals surface area contributed by atoms with Crippen molar-refractivity contribution in [3.05, 3.63) is 89.9 Å². The van der Waals surface area contributed by atoms with Gasteiger partial charge in [-0.15, -0.1) is 0 Å². The van der Waals surface area contributed by atoms with Gasteiger partial charge < -0.3 is 9.52 Å². The Hall–Kier alpha value is -2.50. The Morgan fingerprint density at radius 1 is 1.08 bits per heavy atom. The minimum Gasteiger partial charge on any atom is -0.468 e. The predicted molar refractivity (Wildman–Crippen MR) is 88.4 cm³/mol. The van der Waals surface area contributed by atoms with Crippen LogP contribution >= 0.6 is 0 Å². The predicted octanol–water partition coefficient (Wildman–Crippen LogP) is 3.55. The van der Waals surface area contributed by atoms with E-state index in [1.165, 1.54) is 12.1 Å². The van der Waals surface area contributed by atoms with Crippen molar-refractivity contribution in [3.8, 4) is 0 Å². The van der Waals surface area contributed by atoms with E-state index in [0.29, 0.717) is 25.2 Å². The first-order chi connectivity index (χ1) is 11.7. The maximum atomic E-state index is 13.0. The fourth-order valence-electron chi connectivity index (χ4n) is 2.59. The van der Waals surface area contributed by atoms with E-state index in [1.807, 2.05) is 24.3 Å². The summed E-state index contributed by atoms with van der Waals surface area (Å²) < 4.78 is 18.5. The van der Waals surface area contributed by atoms with E-state index in [1.54, 1.807) is 30.8 Å². The second-order valence-electron chi connectivity index (χ2n) is 5.68. The van der Waals surface area contributed by atoms with Crippen LogP contribution in [0.3, 0.4) is 0 Å². The minimum atomic E-state index is -0.711. The van der Waals surface area contributed by atoms with Crippen LogP contribution in [0.1, 0.15) is 23.0 Å². The van der Waals surface area contributed by atoms with Gasteiger partial charge in [-0.05, 0) is 41.5 Å². The largest absolute Gasteiger partial charge is 0.468 e. The number of nitrogens with zero attached hydrogens (tertiary/aromatic N) is 2. The van der Waals surface area contributed by atoms with Gasteiger partial charge in [0.05, 0.1) is 18.9 Å². The van der Waals surface area contributed by atoms with Crippen LogP contribution in [-0.4, -0.2) is 21.5 Å². The molecule has 3 aromatic rings. The first-order valence-electron chi connectivity index (χ1n) is 7.78. The third-order valence-corrected chi connectivity index (χ3v) is 3.77. The average molecular weight is 326 g/mol. The molecule has 0 spiro atoms. The molecule has 0 amide bonds. The summed E-state index contributed by atoms with van der Waals surface area (Å²) in [6.45, 7) is 1.61. The Bertz CT molecular complexity index is 730. The molecule has 0 saturated carbocycles. The average Bonchev–Trinajstić information content (AvgIpc) is 3.09. The lowest BCUT2D eigenvalue weighted by molar-refractivity contribution is 0.100. The third kappa shape index (κ3) is 4.50. The van der Waals surface area contributed by atoms with Gasteiger partial charge in [0.25, 0.3) is 0 Å². The van der Waals surface area contributed by atoms with Crippen molar-refractivity contribution in [1.82, 2.24) is 9.88 Å².